The fraction of sp³-hybridized carbons (Fsp3) is 0.562. The summed E-state index contributed by atoms with van der Waals surface area (Å²) < 4.78 is 0. The SMILES string of the molecule is CN(C)c1ccc([N+](=O)[O-])cc1C(=O)NC1CCCCCC1. The van der Waals surface area contributed by atoms with Crippen LogP contribution in [0.5, 0.6) is 0 Å². The first-order chi connectivity index (χ1) is 10.5. The number of hydrogen-bond donors (Lipinski definition) is 1. The number of non-ortho nitro benzene ring substituents is 1. The third-order valence-corrected chi connectivity index (χ3v) is 4.11. The average Bonchev–Trinajstić information content (AvgIpc) is 2.75. The first-order valence-electron chi connectivity index (χ1n) is 7.75. The Morgan fingerprint density at radius 2 is 1.86 bits per heavy atom. The highest BCUT2D eigenvalue weighted by Gasteiger charge is 2.21. The molecule has 22 heavy (non-hydrogen) atoms. The van der Waals surface area contributed by atoms with Gasteiger partial charge in [0.1, 0.15) is 0 Å². The first-order valence-corrected chi connectivity index (χ1v) is 7.75. The van der Waals surface area contributed by atoms with E-state index < -0.39 is 4.92 Å². The van der Waals surface area contributed by atoms with E-state index in [2.05, 4.69) is 5.32 Å². The number of anilines is 1. The van der Waals surface area contributed by atoms with E-state index in [0.717, 1.165) is 25.7 Å². The van der Waals surface area contributed by atoms with Crippen molar-refractivity contribution < 1.29 is 9.72 Å². The van der Waals surface area contributed by atoms with E-state index in [1.165, 1.54) is 25.0 Å². The molecule has 0 atom stereocenters. The lowest BCUT2D eigenvalue weighted by molar-refractivity contribution is -0.384. The second-order valence-electron chi connectivity index (χ2n) is 6.01. The molecule has 1 aromatic rings. The molecule has 0 aliphatic heterocycles. The van der Waals surface area contributed by atoms with E-state index in [4.69, 9.17) is 0 Å². The molecular weight excluding hydrogens is 282 g/mol. The smallest absolute Gasteiger partial charge is 0.270 e. The molecule has 1 saturated carbocycles. The Morgan fingerprint density at radius 1 is 1.23 bits per heavy atom. The van der Waals surface area contributed by atoms with Crippen LogP contribution in [0.3, 0.4) is 0 Å². The van der Waals surface area contributed by atoms with Crippen LogP contribution in [0.1, 0.15) is 48.9 Å². The Labute approximate surface area is 130 Å². The summed E-state index contributed by atoms with van der Waals surface area (Å²) in [6.45, 7) is 0. The monoisotopic (exact) mass is 305 g/mol. The molecule has 120 valence electrons. The Morgan fingerprint density at radius 3 is 2.41 bits per heavy atom. The molecule has 0 heterocycles. The molecule has 6 heteroatoms. The zero-order chi connectivity index (χ0) is 16.1. The van der Waals surface area contributed by atoms with Gasteiger partial charge >= 0.3 is 0 Å². The third-order valence-electron chi connectivity index (χ3n) is 4.11. The van der Waals surface area contributed by atoms with Gasteiger partial charge in [0.05, 0.1) is 10.5 Å². The lowest BCUT2D eigenvalue weighted by Crippen LogP contribution is -2.35. The van der Waals surface area contributed by atoms with Gasteiger partial charge in [-0.25, -0.2) is 0 Å². The van der Waals surface area contributed by atoms with Gasteiger partial charge in [0.15, 0.2) is 0 Å². The molecule has 1 amide bonds. The number of rotatable bonds is 4. The van der Waals surface area contributed by atoms with Crippen molar-refractivity contribution >= 4 is 17.3 Å². The summed E-state index contributed by atoms with van der Waals surface area (Å²) in [4.78, 5) is 24.8. The topological polar surface area (TPSA) is 75.5 Å². The Kier molecular flexibility index (Phi) is 5.35. The van der Waals surface area contributed by atoms with Crippen molar-refractivity contribution in [1.82, 2.24) is 5.32 Å². The standard InChI is InChI=1S/C16H23N3O3/c1-18(2)15-10-9-13(19(21)22)11-14(15)16(20)17-12-7-5-3-4-6-8-12/h9-12H,3-8H2,1-2H3,(H,17,20). The lowest BCUT2D eigenvalue weighted by atomic mass is 10.1. The van der Waals surface area contributed by atoms with Crippen LogP contribution in [0.25, 0.3) is 0 Å². The van der Waals surface area contributed by atoms with E-state index >= 15 is 0 Å². The molecule has 1 fully saturated rings. The van der Waals surface area contributed by atoms with Crippen LogP contribution >= 0.6 is 0 Å². The van der Waals surface area contributed by atoms with Gasteiger partial charge < -0.3 is 10.2 Å². The summed E-state index contributed by atoms with van der Waals surface area (Å²) in [6, 6.07) is 4.59. The maximum atomic E-state index is 12.6. The van der Waals surface area contributed by atoms with Gasteiger partial charge in [0.25, 0.3) is 11.6 Å². The van der Waals surface area contributed by atoms with Crippen molar-refractivity contribution in [3.63, 3.8) is 0 Å². The van der Waals surface area contributed by atoms with E-state index in [-0.39, 0.29) is 17.6 Å². The molecular formula is C16H23N3O3. The Hall–Kier alpha value is -2.11. The van der Waals surface area contributed by atoms with Crippen LogP contribution in [-0.2, 0) is 0 Å². The summed E-state index contributed by atoms with van der Waals surface area (Å²) in [5.41, 5.74) is 0.997. The van der Waals surface area contributed by atoms with Crippen LogP contribution in [0.2, 0.25) is 0 Å². The van der Waals surface area contributed by atoms with Gasteiger partial charge in [-0.05, 0) is 18.9 Å². The van der Waals surface area contributed by atoms with Gasteiger partial charge in [-0.15, -0.1) is 0 Å². The van der Waals surface area contributed by atoms with Crippen LogP contribution in [-0.4, -0.2) is 31.0 Å². The fourth-order valence-corrected chi connectivity index (χ4v) is 2.90. The minimum Gasteiger partial charge on any atom is -0.377 e. The van der Waals surface area contributed by atoms with Crippen molar-refractivity contribution in [1.29, 1.82) is 0 Å². The van der Waals surface area contributed by atoms with Gasteiger partial charge in [0, 0.05) is 38.0 Å². The number of nitro groups is 1. The number of nitrogens with zero attached hydrogens (tertiary/aromatic N) is 2. The lowest BCUT2D eigenvalue weighted by Gasteiger charge is -2.20. The number of hydrogen-bond acceptors (Lipinski definition) is 4. The van der Waals surface area contributed by atoms with E-state index in [0.29, 0.717) is 11.3 Å². The normalized spacial score (nSPS) is 15.9. The summed E-state index contributed by atoms with van der Waals surface area (Å²) in [5, 5.41) is 14.0. The van der Waals surface area contributed by atoms with Gasteiger partial charge in [-0.3, -0.25) is 14.9 Å². The predicted octanol–water partition coefficient (Wildman–Crippen LogP) is 3.11. The molecule has 2 rings (SSSR count). The Bertz CT molecular complexity index is 550. The molecule has 0 aromatic heterocycles. The second kappa shape index (κ2) is 7.24. The fourth-order valence-electron chi connectivity index (χ4n) is 2.90. The number of nitrogens with one attached hydrogen (secondary N) is 1. The van der Waals surface area contributed by atoms with Crippen LogP contribution < -0.4 is 10.2 Å². The van der Waals surface area contributed by atoms with Crippen molar-refractivity contribution in [3.8, 4) is 0 Å². The molecule has 0 bridgehead atoms. The molecule has 1 aliphatic rings. The molecule has 0 unspecified atom stereocenters. The van der Waals surface area contributed by atoms with E-state index in [1.54, 1.807) is 11.0 Å². The molecule has 1 aliphatic carbocycles. The minimum absolute atomic E-state index is 0.0587. The molecule has 6 nitrogen and oxygen atoms in total. The summed E-state index contributed by atoms with van der Waals surface area (Å²) in [5.74, 6) is -0.223. The van der Waals surface area contributed by atoms with Crippen LogP contribution in [0, 0.1) is 10.1 Å². The average molecular weight is 305 g/mol. The van der Waals surface area contributed by atoms with Crippen LogP contribution in [0.4, 0.5) is 11.4 Å². The highest BCUT2D eigenvalue weighted by molar-refractivity contribution is 6.00. The van der Waals surface area contributed by atoms with Crippen molar-refractivity contribution in [2.75, 3.05) is 19.0 Å². The Balaban J connectivity index is 2.22. The van der Waals surface area contributed by atoms with Gasteiger partial charge in [-0.2, -0.15) is 0 Å². The second-order valence-corrected chi connectivity index (χ2v) is 6.01. The number of carbonyl (C=O) groups is 1. The summed E-state index contributed by atoms with van der Waals surface area (Å²) >= 11 is 0. The molecule has 0 saturated heterocycles. The number of carbonyl (C=O) groups excluding carboxylic acids is 1. The van der Waals surface area contributed by atoms with Crippen molar-refractivity contribution in [2.45, 2.75) is 44.6 Å². The minimum atomic E-state index is -0.470. The summed E-state index contributed by atoms with van der Waals surface area (Å²) in [7, 11) is 3.65. The summed E-state index contributed by atoms with van der Waals surface area (Å²) in [6.07, 6.45) is 6.65. The largest absolute Gasteiger partial charge is 0.377 e. The predicted molar refractivity (Wildman–Crippen MR) is 86.4 cm³/mol. The van der Waals surface area contributed by atoms with Crippen molar-refractivity contribution in [2.24, 2.45) is 0 Å². The molecule has 1 N–H and O–H groups in total. The zero-order valence-electron chi connectivity index (χ0n) is 13.2. The maximum absolute atomic E-state index is 12.6. The highest BCUT2D eigenvalue weighted by Crippen LogP contribution is 2.25. The first kappa shape index (κ1) is 16.3. The van der Waals surface area contributed by atoms with Crippen LogP contribution in [0.15, 0.2) is 18.2 Å². The molecule has 1 aromatic carbocycles. The number of amides is 1. The van der Waals surface area contributed by atoms with E-state index in [9.17, 15) is 14.9 Å². The highest BCUT2D eigenvalue weighted by atomic mass is 16.6. The quantitative estimate of drug-likeness (QED) is 0.527. The third kappa shape index (κ3) is 3.96. The number of benzene rings is 1. The number of nitro benzene ring substituents is 1. The van der Waals surface area contributed by atoms with E-state index in [1.807, 2.05) is 14.1 Å². The molecule has 0 radical (unpaired) electrons. The molecule has 0 spiro atoms. The van der Waals surface area contributed by atoms with Crippen molar-refractivity contribution in [3.05, 3.63) is 33.9 Å². The van der Waals surface area contributed by atoms with Gasteiger partial charge in [-0.1, -0.05) is 25.7 Å². The zero-order valence-corrected chi connectivity index (χ0v) is 13.2. The maximum Gasteiger partial charge on any atom is 0.270 e. The van der Waals surface area contributed by atoms with Gasteiger partial charge in [0.2, 0.25) is 0 Å².